The van der Waals surface area contributed by atoms with E-state index in [-0.39, 0.29) is 11.3 Å². The summed E-state index contributed by atoms with van der Waals surface area (Å²) in [4.78, 5) is 26.5. The predicted octanol–water partition coefficient (Wildman–Crippen LogP) is 4.84. The van der Waals surface area contributed by atoms with Crippen molar-refractivity contribution in [1.82, 2.24) is 9.78 Å². The standard InChI is InChI=1S/C23H18N2O4S/c1-28-22(26)19-20(16-9-6-8-15(14-16)18-12-7-13-30-18)24-25(21(19)23(27)29-2)17-10-4-3-5-11-17/h3-14H,1-2H3. The van der Waals surface area contributed by atoms with Gasteiger partial charge in [0, 0.05) is 10.4 Å². The number of methoxy groups -OCH3 is 2. The van der Waals surface area contributed by atoms with Gasteiger partial charge in [-0.3, -0.25) is 0 Å². The summed E-state index contributed by atoms with van der Waals surface area (Å²) in [6.07, 6.45) is 0. The molecule has 2 aromatic carbocycles. The first-order valence-corrected chi connectivity index (χ1v) is 10.0. The van der Waals surface area contributed by atoms with E-state index in [2.05, 4.69) is 5.10 Å². The van der Waals surface area contributed by atoms with Gasteiger partial charge in [0.15, 0.2) is 5.69 Å². The Morgan fingerprint density at radius 1 is 0.867 bits per heavy atom. The molecule has 0 bridgehead atoms. The summed E-state index contributed by atoms with van der Waals surface area (Å²) in [6.45, 7) is 0. The molecular weight excluding hydrogens is 400 g/mol. The maximum Gasteiger partial charge on any atom is 0.357 e. The second-order valence-electron chi connectivity index (χ2n) is 6.36. The van der Waals surface area contributed by atoms with E-state index in [1.54, 1.807) is 23.5 Å². The molecule has 0 saturated heterocycles. The number of ether oxygens (including phenoxy) is 2. The summed E-state index contributed by atoms with van der Waals surface area (Å²) in [7, 11) is 2.54. The van der Waals surface area contributed by atoms with Gasteiger partial charge in [0.05, 0.1) is 19.9 Å². The summed E-state index contributed by atoms with van der Waals surface area (Å²) >= 11 is 1.62. The highest BCUT2D eigenvalue weighted by atomic mass is 32.1. The van der Waals surface area contributed by atoms with Crippen LogP contribution in [-0.4, -0.2) is 35.9 Å². The van der Waals surface area contributed by atoms with Gasteiger partial charge in [-0.15, -0.1) is 11.3 Å². The molecular formula is C23H18N2O4S. The van der Waals surface area contributed by atoms with Crippen molar-refractivity contribution in [2.75, 3.05) is 14.2 Å². The van der Waals surface area contributed by atoms with Gasteiger partial charge in [-0.2, -0.15) is 5.10 Å². The number of hydrogen-bond donors (Lipinski definition) is 0. The lowest BCUT2D eigenvalue weighted by Crippen LogP contribution is -2.15. The lowest BCUT2D eigenvalue weighted by atomic mass is 10.0. The van der Waals surface area contributed by atoms with Crippen LogP contribution in [0.25, 0.3) is 27.4 Å². The molecule has 7 heteroatoms. The minimum Gasteiger partial charge on any atom is -0.465 e. The van der Waals surface area contributed by atoms with E-state index >= 15 is 0 Å². The molecule has 0 N–H and O–H groups in total. The van der Waals surface area contributed by atoms with E-state index in [1.165, 1.54) is 18.9 Å². The van der Waals surface area contributed by atoms with E-state index in [0.29, 0.717) is 16.9 Å². The molecule has 0 spiro atoms. The van der Waals surface area contributed by atoms with E-state index < -0.39 is 11.9 Å². The minimum absolute atomic E-state index is 0.0204. The van der Waals surface area contributed by atoms with E-state index in [0.717, 1.165) is 10.4 Å². The Morgan fingerprint density at radius 2 is 1.60 bits per heavy atom. The van der Waals surface area contributed by atoms with Gasteiger partial charge in [-0.25, -0.2) is 14.3 Å². The number of rotatable bonds is 5. The maximum absolute atomic E-state index is 12.7. The fraction of sp³-hybridized carbons (Fsp3) is 0.0870. The fourth-order valence-corrected chi connectivity index (χ4v) is 3.94. The Bertz CT molecular complexity index is 1200. The first-order valence-electron chi connectivity index (χ1n) is 9.13. The summed E-state index contributed by atoms with van der Waals surface area (Å²) in [6, 6.07) is 20.8. The molecule has 0 aliphatic rings. The number of para-hydroxylation sites is 1. The van der Waals surface area contributed by atoms with Gasteiger partial charge in [0.2, 0.25) is 0 Å². The normalized spacial score (nSPS) is 10.6. The molecule has 150 valence electrons. The van der Waals surface area contributed by atoms with Crippen molar-refractivity contribution in [2.24, 2.45) is 0 Å². The third kappa shape index (κ3) is 3.51. The van der Waals surface area contributed by atoms with Gasteiger partial charge < -0.3 is 9.47 Å². The zero-order chi connectivity index (χ0) is 21.1. The molecule has 0 aliphatic heterocycles. The number of nitrogens with zero attached hydrogens (tertiary/aromatic N) is 2. The SMILES string of the molecule is COC(=O)c1c(-c2cccc(-c3cccs3)c2)nn(-c2ccccc2)c1C(=O)OC. The van der Waals surface area contributed by atoms with Crippen LogP contribution in [0.4, 0.5) is 0 Å². The number of esters is 2. The Morgan fingerprint density at radius 3 is 2.27 bits per heavy atom. The Labute approximate surface area is 177 Å². The molecule has 6 nitrogen and oxygen atoms in total. The second-order valence-corrected chi connectivity index (χ2v) is 7.31. The van der Waals surface area contributed by atoms with Crippen molar-refractivity contribution in [1.29, 1.82) is 0 Å². The molecule has 30 heavy (non-hydrogen) atoms. The van der Waals surface area contributed by atoms with Crippen LogP contribution in [-0.2, 0) is 9.47 Å². The average Bonchev–Trinajstić information content (AvgIpc) is 3.47. The third-order valence-electron chi connectivity index (χ3n) is 4.60. The molecule has 0 aliphatic carbocycles. The van der Waals surface area contributed by atoms with Crippen molar-refractivity contribution in [3.8, 4) is 27.4 Å². The van der Waals surface area contributed by atoms with Crippen LogP contribution in [0.15, 0.2) is 72.1 Å². The van der Waals surface area contributed by atoms with Crippen LogP contribution in [0.5, 0.6) is 0 Å². The van der Waals surface area contributed by atoms with Gasteiger partial charge in [0.1, 0.15) is 11.3 Å². The lowest BCUT2D eigenvalue weighted by Gasteiger charge is -2.07. The average molecular weight is 418 g/mol. The summed E-state index contributed by atoms with van der Waals surface area (Å²) in [5.41, 5.74) is 2.75. The number of benzene rings is 2. The van der Waals surface area contributed by atoms with Crippen LogP contribution in [0.1, 0.15) is 20.8 Å². The summed E-state index contributed by atoms with van der Waals surface area (Å²) in [5, 5.41) is 6.63. The number of hydrogen-bond acceptors (Lipinski definition) is 6. The van der Waals surface area contributed by atoms with Crippen LogP contribution < -0.4 is 0 Å². The lowest BCUT2D eigenvalue weighted by molar-refractivity contribution is 0.0549. The predicted molar refractivity (Wildman–Crippen MR) is 115 cm³/mol. The molecule has 0 saturated carbocycles. The molecule has 4 rings (SSSR count). The largest absolute Gasteiger partial charge is 0.465 e. The molecule has 0 radical (unpaired) electrons. The van der Waals surface area contributed by atoms with E-state index in [1.807, 2.05) is 60.0 Å². The Hall–Kier alpha value is -3.71. The Balaban J connectivity index is 1.98. The Kier molecular flexibility index (Phi) is 5.45. The first-order chi connectivity index (χ1) is 14.6. The summed E-state index contributed by atoms with van der Waals surface area (Å²) < 4.78 is 11.4. The monoisotopic (exact) mass is 418 g/mol. The zero-order valence-electron chi connectivity index (χ0n) is 16.4. The highest BCUT2D eigenvalue weighted by Gasteiger charge is 2.31. The molecule has 0 atom stereocenters. The van der Waals surface area contributed by atoms with E-state index in [4.69, 9.17) is 9.47 Å². The van der Waals surface area contributed by atoms with Crippen molar-refractivity contribution < 1.29 is 19.1 Å². The zero-order valence-corrected chi connectivity index (χ0v) is 17.2. The molecule has 0 fully saturated rings. The number of thiophene rings is 1. The highest BCUT2D eigenvalue weighted by Crippen LogP contribution is 2.33. The van der Waals surface area contributed by atoms with Crippen molar-refractivity contribution in [3.63, 3.8) is 0 Å². The van der Waals surface area contributed by atoms with Gasteiger partial charge in [-0.1, -0.05) is 42.5 Å². The van der Waals surface area contributed by atoms with Gasteiger partial charge in [0.25, 0.3) is 0 Å². The van der Waals surface area contributed by atoms with Gasteiger partial charge in [-0.05, 0) is 35.2 Å². The van der Waals surface area contributed by atoms with Crippen molar-refractivity contribution in [2.45, 2.75) is 0 Å². The highest BCUT2D eigenvalue weighted by molar-refractivity contribution is 7.13. The van der Waals surface area contributed by atoms with Crippen LogP contribution in [0.3, 0.4) is 0 Å². The molecule has 4 aromatic rings. The molecule has 2 aromatic heterocycles. The molecule has 2 heterocycles. The topological polar surface area (TPSA) is 70.4 Å². The minimum atomic E-state index is -0.674. The first kappa shape index (κ1) is 19.6. The molecule has 0 amide bonds. The quantitative estimate of drug-likeness (QED) is 0.434. The number of carbonyl (C=O) groups excluding carboxylic acids is 2. The van der Waals surface area contributed by atoms with E-state index in [9.17, 15) is 9.59 Å². The van der Waals surface area contributed by atoms with Crippen LogP contribution in [0, 0.1) is 0 Å². The van der Waals surface area contributed by atoms with Crippen LogP contribution in [0.2, 0.25) is 0 Å². The maximum atomic E-state index is 12.7. The van der Waals surface area contributed by atoms with Crippen molar-refractivity contribution >= 4 is 23.3 Å². The number of carbonyl (C=O) groups is 2. The third-order valence-corrected chi connectivity index (χ3v) is 5.52. The summed E-state index contributed by atoms with van der Waals surface area (Å²) in [5.74, 6) is -1.33. The fourth-order valence-electron chi connectivity index (χ4n) is 3.22. The van der Waals surface area contributed by atoms with Crippen molar-refractivity contribution in [3.05, 3.63) is 83.4 Å². The smallest absolute Gasteiger partial charge is 0.357 e. The number of aromatic nitrogens is 2. The second kappa shape index (κ2) is 8.34. The van der Waals surface area contributed by atoms with Crippen LogP contribution >= 0.6 is 11.3 Å². The van der Waals surface area contributed by atoms with Gasteiger partial charge >= 0.3 is 11.9 Å². The molecule has 0 unspecified atom stereocenters.